The second-order valence-corrected chi connectivity index (χ2v) is 11.1. The molecule has 6 nitrogen and oxygen atoms in total. The molecular weight excluding hydrogens is 460 g/mol. The van der Waals surface area contributed by atoms with Crippen LogP contribution < -0.4 is 15.5 Å². The van der Waals surface area contributed by atoms with Gasteiger partial charge in [-0.1, -0.05) is 74.0 Å². The summed E-state index contributed by atoms with van der Waals surface area (Å²) in [6, 6.07) is 20.7. The van der Waals surface area contributed by atoms with Crippen LogP contribution in [0.2, 0.25) is 0 Å². The van der Waals surface area contributed by atoms with Gasteiger partial charge in [0.25, 0.3) is 0 Å². The number of aromatic nitrogens is 1. The van der Waals surface area contributed by atoms with Crippen LogP contribution >= 0.6 is 0 Å². The van der Waals surface area contributed by atoms with E-state index in [4.69, 9.17) is 4.52 Å². The Morgan fingerprint density at radius 3 is 2.08 bits per heavy atom. The van der Waals surface area contributed by atoms with E-state index in [1.165, 1.54) is 25.7 Å². The molecule has 2 heterocycles. The van der Waals surface area contributed by atoms with E-state index in [1.807, 2.05) is 43.3 Å². The molecule has 6 rings (SSSR count). The molecule has 1 atom stereocenters. The summed E-state index contributed by atoms with van der Waals surface area (Å²) >= 11 is 0. The summed E-state index contributed by atoms with van der Waals surface area (Å²) < 4.78 is 5.99. The smallest absolute Gasteiger partial charge is 0.235 e. The molecule has 0 spiro atoms. The Morgan fingerprint density at radius 2 is 1.49 bits per heavy atom. The fourth-order valence-electron chi connectivity index (χ4n) is 6.94. The third kappa shape index (κ3) is 4.51. The number of aryl methyl sites for hydroxylation is 1. The first-order chi connectivity index (χ1) is 18.2. The van der Waals surface area contributed by atoms with Gasteiger partial charge in [0.05, 0.1) is 23.0 Å². The monoisotopic (exact) mass is 498 g/mol. The predicted octanol–water partition coefficient (Wildman–Crippen LogP) is 7.24. The Hall–Kier alpha value is -3.28. The third-order valence-corrected chi connectivity index (χ3v) is 8.67. The molecule has 2 aliphatic carbocycles. The van der Waals surface area contributed by atoms with Crippen LogP contribution in [0.15, 0.2) is 65.2 Å². The molecule has 2 aromatic carbocycles. The molecule has 2 saturated carbocycles. The lowest BCUT2D eigenvalue weighted by Crippen LogP contribution is -2.58. The van der Waals surface area contributed by atoms with Gasteiger partial charge in [-0.25, -0.2) is 0 Å². The largest absolute Gasteiger partial charge is 0.357 e. The number of benzene rings is 2. The molecule has 0 bridgehead atoms. The number of amides is 1. The van der Waals surface area contributed by atoms with E-state index >= 15 is 4.79 Å². The number of anilines is 3. The average Bonchev–Trinajstić information content (AvgIpc) is 3.55. The standard InChI is InChI=1S/C31H38N4O2/c1-22-21-28(37-34-22)31(32-26-19-11-12-20-27(26)33-31)29(23-13-5-2-6-14-23)30(36)35(24-15-7-3-8-16-24)25-17-9-4-10-18-25/h3,7-8,11-12,15-16,19-21,23,25,29,32-33H,2,4-6,9-10,13-14,17-18H2,1H3. The van der Waals surface area contributed by atoms with Crippen molar-refractivity contribution in [2.24, 2.45) is 11.8 Å². The molecule has 0 saturated heterocycles. The number of fused-ring (bicyclic) bond motifs is 1. The van der Waals surface area contributed by atoms with Gasteiger partial charge in [0.1, 0.15) is 0 Å². The van der Waals surface area contributed by atoms with Crippen LogP contribution in [0.1, 0.15) is 75.7 Å². The maximum atomic E-state index is 15.1. The van der Waals surface area contributed by atoms with Crippen molar-refractivity contribution in [1.82, 2.24) is 5.16 Å². The molecular formula is C31H38N4O2. The Morgan fingerprint density at radius 1 is 0.892 bits per heavy atom. The van der Waals surface area contributed by atoms with Crippen LogP contribution in [0.4, 0.5) is 17.1 Å². The highest BCUT2D eigenvalue weighted by Crippen LogP contribution is 2.50. The van der Waals surface area contributed by atoms with Crippen molar-refractivity contribution in [3.63, 3.8) is 0 Å². The molecule has 3 aliphatic rings. The molecule has 2 fully saturated rings. The Balaban J connectivity index is 1.49. The summed E-state index contributed by atoms with van der Waals surface area (Å²) in [5.74, 6) is 0.749. The third-order valence-electron chi connectivity index (χ3n) is 8.67. The van der Waals surface area contributed by atoms with Gasteiger partial charge in [0, 0.05) is 17.8 Å². The van der Waals surface area contributed by atoms with E-state index in [1.54, 1.807) is 0 Å². The van der Waals surface area contributed by atoms with Crippen molar-refractivity contribution in [1.29, 1.82) is 0 Å². The van der Waals surface area contributed by atoms with Crippen LogP contribution in [0.5, 0.6) is 0 Å². The zero-order valence-corrected chi connectivity index (χ0v) is 21.8. The van der Waals surface area contributed by atoms with Gasteiger partial charge in [-0.2, -0.15) is 0 Å². The van der Waals surface area contributed by atoms with Crippen molar-refractivity contribution >= 4 is 23.0 Å². The van der Waals surface area contributed by atoms with Crippen LogP contribution in [0.3, 0.4) is 0 Å². The summed E-state index contributed by atoms with van der Waals surface area (Å²) in [6.45, 7) is 1.94. The summed E-state index contributed by atoms with van der Waals surface area (Å²) in [6.07, 6.45) is 11.3. The van der Waals surface area contributed by atoms with Gasteiger partial charge in [-0.3, -0.25) is 4.79 Å². The van der Waals surface area contributed by atoms with E-state index in [0.29, 0.717) is 5.76 Å². The molecule has 194 valence electrons. The number of hydrogen-bond acceptors (Lipinski definition) is 5. The number of para-hydroxylation sites is 3. The maximum absolute atomic E-state index is 15.1. The number of rotatable bonds is 6. The van der Waals surface area contributed by atoms with Gasteiger partial charge in [-0.05, 0) is 62.8 Å². The molecule has 0 radical (unpaired) electrons. The van der Waals surface area contributed by atoms with E-state index in [0.717, 1.165) is 61.3 Å². The lowest BCUT2D eigenvalue weighted by Gasteiger charge is -2.45. The summed E-state index contributed by atoms with van der Waals surface area (Å²) in [7, 11) is 0. The van der Waals surface area contributed by atoms with Gasteiger partial charge in [0.15, 0.2) is 11.4 Å². The van der Waals surface area contributed by atoms with E-state index < -0.39 is 5.66 Å². The predicted molar refractivity (Wildman–Crippen MR) is 147 cm³/mol. The van der Waals surface area contributed by atoms with Crippen LogP contribution in [-0.2, 0) is 10.5 Å². The van der Waals surface area contributed by atoms with Gasteiger partial charge >= 0.3 is 0 Å². The highest BCUT2D eigenvalue weighted by atomic mass is 16.5. The topological polar surface area (TPSA) is 70.4 Å². The van der Waals surface area contributed by atoms with E-state index in [2.05, 4.69) is 45.0 Å². The number of nitrogens with one attached hydrogen (secondary N) is 2. The first kappa shape index (κ1) is 24.1. The molecule has 1 unspecified atom stereocenters. The molecule has 2 N–H and O–H groups in total. The molecule has 1 amide bonds. The summed E-state index contributed by atoms with van der Waals surface area (Å²) in [5, 5.41) is 11.8. The minimum atomic E-state index is -0.897. The van der Waals surface area contributed by atoms with E-state index in [9.17, 15) is 0 Å². The maximum Gasteiger partial charge on any atom is 0.235 e. The summed E-state index contributed by atoms with van der Waals surface area (Å²) in [5.41, 5.74) is 2.91. The Labute approximate surface area is 219 Å². The van der Waals surface area contributed by atoms with Crippen molar-refractivity contribution in [3.05, 3.63) is 72.1 Å². The average molecular weight is 499 g/mol. The number of carbonyl (C=O) groups excluding carboxylic acids is 1. The molecule has 6 heteroatoms. The van der Waals surface area contributed by atoms with Crippen LogP contribution in [-0.4, -0.2) is 17.1 Å². The van der Waals surface area contributed by atoms with Crippen molar-refractivity contribution in [2.75, 3.05) is 15.5 Å². The Bertz CT molecular complexity index is 1190. The lowest BCUT2D eigenvalue weighted by molar-refractivity contribution is -0.127. The minimum Gasteiger partial charge on any atom is -0.357 e. The molecule has 1 aliphatic heterocycles. The van der Waals surface area contributed by atoms with Gasteiger partial charge < -0.3 is 20.1 Å². The van der Waals surface area contributed by atoms with Crippen molar-refractivity contribution < 1.29 is 9.32 Å². The number of hydrogen-bond donors (Lipinski definition) is 2. The fourth-order valence-corrected chi connectivity index (χ4v) is 6.94. The molecule has 3 aromatic rings. The highest BCUT2D eigenvalue weighted by Gasteiger charge is 2.55. The fraction of sp³-hybridized carbons (Fsp3) is 0.484. The highest BCUT2D eigenvalue weighted by molar-refractivity contribution is 5.98. The van der Waals surface area contributed by atoms with E-state index in [-0.39, 0.29) is 23.8 Å². The Kier molecular flexibility index (Phi) is 6.66. The normalized spacial score (nSPS) is 20.5. The van der Waals surface area contributed by atoms with Crippen LogP contribution in [0.25, 0.3) is 0 Å². The zero-order valence-electron chi connectivity index (χ0n) is 21.8. The second-order valence-electron chi connectivity index (χ2n) is 11.1. The number of carbonyl (C=O) groups is 1. The minimum absolute atomic E-state index is 0.187. The van der Waals surface area contributed by atoms with Gasteiger partial charge in [-0.15, -0.1) is 0 Å². The quantitative estimate of drug-likeness (QED) is 0.375. The first-order valence-electron chi connectivity index (χ1n) is 14.1. The summed E-state index contributed by atoms with van der Waals surface area (Å²) in [4.78, 5) is 17.3. The molecule has 1 aromatic heterocycles. The SMILES string of the molecule is Cc1cc(C2(C(C(=O)N(c3ccccc3)C3CCCCC3)C3CCCCC3)Nc3ccccc3N2)on1. The van der Waals surface area contributed by atoms with Crippen molar-refractivity contribution in [3.8, 4) is 0 Å². The second kappa shape index (κ2) is 10.2. The number of nitrogens with zero attached hydrogens (tertiary/aromatic N) is 2. The lowest BCUT2D eigenvalue weighted by atomic mass is 9.71. The van der Waals surface area contributed by atoms with Gasteiger partial charge in [0.2, 0.25) is 5.91 Å². The van der Waals surface area contributed by atoms with Crippen molar-refractivity contribution in [2.45, 2.75) is 82.8 Å². The zero-order chi connectivity index (χ0) is 25.2. The molecule has 37 heavy (non-hydrogen) atoms. The first-order valence-corrected chi connectivity index (χ1v) is 14.1. The van der Waals surface area contributed by atoms with Crippen LogP contribution in [0, 0.1) is 18.8 Å².